The molecule has 0 fully saturated rings. The van der Waals surface area contributed by atoms with Crippen LogP contribution in [0.3, 0.4) is 0 Å². The maximum Gasteiger partial charge on any atom is 0.353 e. The van der Waals surface area contributed by atoms with Crippen molar-refractivity contribution in [1.82, 2.24) is 13.9 Å². The zero-order chi connectivity index (χ0) is 20.0. The normalized spacial score (nSPS) is 23.4. The second-order valence-electron chi connectivity index (χ2n) is 8.10. The first-order valence-electron chi connectivity index (χ1n) is 9.74. The van der Waals surface area contributed by atoms with Crippen molar-refractivity contribution in [2.24, 2.45) is 0 Å². The van der Waals surface area contributed by atoms with Crippen LogP contribution in [0.5, 0.6) is 0 Å². The van der Waals surface area contributed by atoms with Crippen molar-refractivity contribution >= 4 is 0 Å². The molecule has 0 amide bonds. The van der Waals surface area contributed by atoms with Crippen LogP contribution in [0.25, 0.3) is 5.69 Å². The molecule has 29 heavy (non-hydrogen) atoms. The van der Waals surface area contributed by atoms with Crippen molar-refractivity contribution in [3.8, 4) is 5.69 Å². The molecule has 0 saturated heterocycles. The zero-order valence-electron chi connectivity index (χ0n) is 16.2. The van der Waals surface area contributed by atoms with Crippen LogP contribution in [-0.2, 0) is 11.1 Å². The lowest BCUT2D eigenvalue weighted by Crippen LogP contribution is -2.61. The Balaban J connectivity index is 1.85. The number of hydrogen-bond acceptors (Lipinski definition) is 2. The van der Waals surface area contributed by atoms with E-state index in [1.165, 1.54) is 4.57 Å². The summed E-state index contributed by atoms with van der Waals surface area (Å²) in [6, 6.07) is 25.4. The van der Waals surface area contributed by atoms with Crippen molar-refractivity contribution in [2.45, 2.75) is 24.9 Å². The van der Waals surface area contributed by atoms with Gasteiger partial charge in [0, 0.05) is 0 Å². The van der Waals surface area contributed by atoms with Gasteiger partial charge in [-0.1, -0.05) is 66.7 Å². The quantitative estimate of drug-likeness (QED) is 0.509. The smallest absolute Gasteiger partial charge is 0.245 e. The molecule has 0 saturated carbocycles. The van der Waals surface area contributed by atoms with Crippen LogP contribution in [0.4, 0.5) is 0 Å². The highest BCUT2D eigenvalue weighted by molar-refractivity contribution is 5.61. The van der Waals surface area contributed by atoms with Gasteiger partial charge in [0.1, 0.15) is 11.1 Å². The maximum absolute atomic E-state index is 13.7. The first kappa shape index (κ1) is 16.4. The van der Waals surface area contributed by atoms with Gasteiger partial charge in [0.15, 0.2) is 0 Å². The minimum absolute atomic E-state index is 0.320. The van der Waals surface area contributed by atoms with Crippen molar-refractivity contribution in [3.63, 3.8) is 0 Å². The highest BCUT2D eigenvalue weighted by Crippen LogP contribution is 2.54. The van der Waals surface area contributed by atoms with Gasteiger partial charge >= 0.3 is 11.4 Å². The molecule has 3 heterocycles. The van der Waals surface area contributed by atoms with Crippen LogP contribution in [0, 0.1) is 0 Å². The molecule has 0 unspecified atom stereocenters. The summed E-state index contributed by atoms with van der Waals surface area (Å²) >= 11 is 0. The number of rotatable bonds is 1. The molecule has 142 valence electrons. The van der Waals surface area contributed by atoms with E-state index < -0.39 is 11.1 Å². The van der Waals surface area contributed by atoms with E-state index in [4.69, 9.17) is 0 Å². The van der Waals surface area contributed by atoms with Gasteiger partial charge in [-0.15, -0.1) is 0 Å². The third kappa shape index (κ3) is 1.64. The summed E-state index contributed by atoms with van der Waals surface area (Å²) in [6.45, 7) is 4.08. The van der Waals surface area contributed by atoms with E-state index in [9.17, 15) is 9.59 Å². The monoisotopic (exact) mass is 381 g/mol. The summed E-state index contributed by atoms with van der Waals surface area (Å²) in [5.41, 5.74) is 2.67. The summed E-state index contributed by atoms with van der Waals surface area (Å²) in [5.74, 6) is 0. The standard InChI is InChI=1S/C24H19N3O2/c1-23-17-12-6-8-14-19(17)24(2,20-15-9-7-13-18(20)23)27-22(29)25(21(28)26(23)27)16-10-4-3-5-11-16/h3-15H,1-2H3. The van der Waals surface area contributed by atoms with E-state index in [0.717, 1.165) is 22.3 Å². The molecule has 2 bridgehead atoms. The van der Waals surface area contributed by atoms with Crippen LogP contribution in [0.15, 0.2) is 88.5 Å². The molecule has 5 nitrogen and oxygen atoms in total. The van der Waals surface area contributed by atoms with Gasteiger partial charge in [0.25, 0.3) is 0 Å². The van der Waals surface area contributed by atoms with E-state index in [1.54, 1.807) is 21.5 Å². The Hall–Kier alpha value is -3.60. The second kappa shape index (κ2) is 5.06. The van der Waals surface area contributed by atoms with Gasteiger partial charge in [-0.25, -0.2) is 23.5 Å². The average molecular weight is 381 g/mol. The molecule has 3 aliphatic rings. The fourth-order valence-corrected chi connectivity index (χ4v) is 5.43. The summed E-state index contributed by atoms with van der Waals surface area (Å²) in [6.07, 6.45) is 0. The SMILES string of the molecule is CC12c3ccccc3C(C)(c3ccccc31)n1c(=O)n(-c3ccccc3)c(=O)n12. The van der Waals surface area contributed by atoms with Gasteiger partial charge in [0.2, 0.25) is 0 Å². The number of para-hydroxylation sites is 1. The molecule has 5 heteroatoms. The average Bonchev–Trinajstić information content (AvgIpc) is 3.04. The lowest BCUT2D eigenvalue weighted by atomic mass is 9.64. The predicted molar refractivity (Wildman–Crippen MR) is 111 cm³/mol. The molecule has 4 aromatic rings. The summed E-state index contributed by atoms with van der Waals surface area (Å²) in [5, 5.41) is 0. The maximum atomic E-state index is 13.7. The van der Waals surface area contributed by atoms with Crippen LogP contribution in [0.2, 0.25) is 0 Å². The minimum Gasteiger partial charge on any atom is -0.245 e. The van der Waals surface area contributed by atoms with Crippen LogP contribution < -0.4 is 11.4 Å². The lowest BCUT2D eigenvalue weighted by molar-refractivity contribution is 0.201. The topological polar surface area (TPSA) is 48.9 Å². The summed E-state index contributed by atoms with van der Waals surface area (Å²) in [4.78, 5) is 27.4. The van der Waals surface area contributed by atoms with E-state index in [1.807, 2.05) is 56.3 Å². The Bertz CT molecular complexity index is 1290. The van der Waals surface area contributed by atoms with E-state index >= 15 is 0 Å². The molecule has 0 N–H and O–H groups in total. The van der Waals surface area contributed by atoms with E-state index in [0.29, 0.717) is 5.69 Å². The largest absolute Gasteiger partial charge is 0.353 e. The van der Waals surface area contributed by atoms with Gasteiger partial charge in [0.05, 0.1) is 5.69 Å². The van der Waals surface area contributed by atoms with Gasteiger partial charge in [-0.05, 0) is 48.2 Å². The molecule has 2 aliphatic heterocycles. The number of benzene rings is 3. The Morgan fingerprint density at radius 2 is 0.897 bits per heavy atom. The molecule has 0 spiro atoms. The molecule has 1 aliphatic carbocycles. The zero-order valence-corrected chi connectivity index (χ0v) is 16.2. The molecule has 0 radical (unpaired) electrons. The molecule has 7 rings (SSSR count). The third-order valence-corrected chi connectivity index (χ3v) is 6.76. The van der Waals surface area contributed by atoms with Crippen LogP contribution >= 0.6 is 0 Å². The minimum atomic E-state index is -0.763. The number of aromatic nitrogens is 3. The van der Waals surface area contributed by atoms with E-state index in [-0.39, 0.29) is 11.4 Å². The Kier molecular flexibility index (Phi) is 2.85. The Labute approximate surface area is 167 Å². The first-order valence-corrected chi connectivity index (χ1v) is 9.74. The second-order valence-corrected chi connectivity index (χ2v) is 8.10. The predicted octanol–water partition coefficient (Wildman–Crippen LogP) is 3.05. The van der Waals surface area contributed by atoms with Crippen molar-refractivity contribution in [2.75, 3.05) is 0 Å². The summed E-state index contributed by atoms with van der Waals surface area (Å²) < 4.78 is 4.61. The van der Waals surface area contributed by atoms with Crippen LogP contribution in [-0.4, -0.2) is 13.9 Å². The molecular weight excluding hydrogens is 362 g/mol. The Morgan fingerprint density at radius 1 is 0.552 bits per heavy atom. The van der Waals surface area contributed by atoms with Gasteiger partial charge in [-0.3, -0.25) is 0 Å². The van der Waals surface area contributed by atoms with Crippen molar-refractivity contribution in [3.05, 3.63) is 122 Å². The third-order valence-electron chi connectivity index (χ3n) is 6.76. The molecule has 1 aromatic heterocycles. The highest BCUT2D eigenvalue weighted by atomic mass is 16.2. The number of nitrogens with zero attached hydrogens (tertiary/aromatic N) is 3. The fourth-order valence-electron chi connectivity index (χ4n) is 5.43. The summed E-state index contributed by atoms with van der Waals surface area (Å²) in [7, 11) is 0. The Morgan fingerprint density at radius 3 is 1.28 bits per heavy atom. The molecular formula is C24H19N3O2. The number of hydrogen-bond donors (Lipinski definition) is 0. The molecule has 3 aromatic carbocycles. The van der Waals surface area contributed by atoms with E-state index in [2.05, 4.69) is 24.3 Å². The van der Waals surface area contributed by atoms with Crippen LogP contribution in [0.1, 0.15) is 36.1 Å². The molecule has 0 atom stereocenters. The van der Waals surface area contributed by atoms with Crippen molar-refractivity contribution in [1.29, 1.82) is 0 Å². The highest BCUT2D eigenvalue weighted by Gasteiger charge is 2.57. The first-order chi connectivity index (χ1) is 14.0. The van der Waals surface area contributed by atoms with Gasteiger partial charge in [-0.2, -0.15) is 0 Å². The van der Waals surface area contributed by atoms with Gasteiger partial charge < -0.3 is 0 Å². The fraction of sp³-hybridized carbons (Fsp3) is 0.167. The lowest BCUT2D eigenvalue weighted by Gasteiger charge is -2.53. The van der Waals surface area contributed by atoms with Crippen molar-refractivity contribution < 1.29 is 0 Å².